The third kappa shape index (κ3) is 5.18. The topological polar surface area (TPSA) is 55.7 Å². The van der Waals surface area contributed by atoms with Crippen LogP contribution in [0, 0.1) is 20.8 Å². The summed E-state index contributed by atoms with van der Waals surface area (Å²) in [7, 11) is -4.05. The van der Waals surface area contributed by atoms with Crippen molar-refractivity contribution in [3.63, 3.8) is 0 Å². The van der Waals surface area contributed by atoms with Crippen LogP contribution in [0.25, 0.3) is 0 Å². The lowest BCUT2D eigenvalue weighted by Crippen LogP contribution is -2.10. The molecule has 0 aliphatic carbocycles. The Kier molecular flexibility index (Phi) is 6.32. The lowest BCUT2D eigenvalue weighted by atomic mass is 10.1. The van der Waals surface area contributed by atoms with Gasteiger partial charge < -0.3 is 4.18 Å². The molecule has 3 aromatic carbocycles. The number of nitrogens with zero attached hydrogens (tertiary/aromatic N) is 1. The highest BCUT2D eigenvalue weighted by Gasteiger charge is 2.20. The molecule has 0 bridgehead atoms. The molecule has 150 valence electrons. The third-order valence-corrected chi connectivity index (χ3v) is 6.17. The van der Waals surface area contributed by atoms with Crippen LogP contribution in [0.4, 0.5) is 5.69 Å². The Morgan fingerprint density at radius 1 is 0.862 bits per heavy atom. The summed E-state index contributed by atoms with van der Waals surface area (Å²) in [6.45, 7) is 5.91. The van der Waals surface area contributed by atoms with Gasteiger partial charge >= 0.3 is 10.1 Å². The van der Waals surface area contributed by atoms with Gasteiger partial charge in [0.25, 0.3) is 0 Å². The molecule has 0 spiro atoms. The van der Waals surface area contributed by atoms with Gasteiger partial charge in [-0.1, -0.05) is 47.0 Å². The van der Waals surface area contributed by atoms with Crippen molar-refractivity contribution < 1.29 is 12.6 Å². The number of aliphatic imine (C=N–C) groups is 1. The Bertz CT molecular complexity index is 1160. The molecule has 0 N–H and O–H groups in total. The first-order valence-electron chi connectivity index (χ1n) is 8.77. The van der Waals surface area contributed by atoms with Gasteiger partial charge in [0.05, 0.1) is 15.7 Å². The molecule has 4 nitrogen and oxygen atoms in total. The molecule has 0 aliphatic heterocycles. The fourth-order valence-corrected chi connectivity index (χ4v) is 4.19. The highest BCUT2D eigenvalue weighted by molar-refractivity contribution is 7.87. The lowest BCUT2D eigenvalue weighted by molar-refractivity contribution is 0.486. The molecule has 0 saturated heterocycles. The maximum Gasteiger partial charge on any atom is 0.339 e. The molecule has 0 saturated carbocycles. The van der Waals surface area contributed by atoms with E-state index < -0.39 is 10.1 Å². The van der Waals surface area contributed by atoms with Crippen molar-refractivity contribution in [2.24, 2.45) is 4.99 Å². The minimum Gasteiger partial charge on any atom is -0.376 e. The summed E-state index contributed by atoms with van der Waals surface area (Å²) in [6, 6.07) is 15.3. The predicted molar refractivity (Wildman–Crippen MR) is 119 cm³/mol. The van der Waals surface area contributed by atoms with Gasteiger partial charge in [-0.3, -0.25) is 4.99 Å². The molecule has 29 heavy (non-hydrogen) atoms. The molecular formula is C22H19Cl2NO3S. The summed E-state index contributed by atoms with van der Waals surface area (Å²) in [5.74, 6) is -0.114. The standard InChI is InChI=1S/C22H19Cl2NO3S/c1-14-4-8-19(9-5-14)29(26,27)28-22-20(23)11-17(12-21(22)24)13-25-18-7-6-15(2)16(3)10-18/h4-13H,1-3H3. The van der Waals surface area contributed by atoms with Gasteiger partial charge in [0.15, 0.2) is 5.75 Å². The molecule has 3 rings (SSSR count). The van der Waals surface area contributed by atoms with Crippen LogP contribution in [-0.4, -0.2) is 14.6 Å². The van der Waals surface area contributed by atoms with Crippen LogP contribution in [0.15, 0.2) is 64.5 Å². The number of hydrogen-bond acceptors (Lipinski definition) is 4. The zero-order valence-electron chi connectivity index (χ0n) is 16.1. The summed E-state index contributed by atoms with van der Waals surface area (Å²) >= 11 is 12.5. The second-order valence-corrected chi connectivity index (χ2v) is 9.05. The zero-order valence-corrected chi connectivity index (χ0v) is 18.4. The van der Waals surface area contributed by atoms with E-state index in [0.29, 0.717) is 5.56 Å². The smallest absolute Gasteiger partial charge is 0.339 e. The molecule has 0 radical (unpaired) electrons. The van der Waals surface area contributed by atoms with Crippen LogP contribution in [0.3, 0.4) is 0 Å². The van der Waals surface area contributed by atoms with Gasteiger partial charge in [-0.25, -0.2) is 0 Å². The first-order chi connectivity index (χ1) is 13.7. The molecule has 7 heteroatoms. The van der Waals surface area contributed by atoms with Crippen molar-refractivity contribution in [2.75, 3.05) is 0 Å². The average molecular weight is 448 g/mol. The van der Waals surface area contributed by atoms with Gasteiger partial charge in [0.1, 0.15) is 4.90 Å². The highest BCUT2D eigenvalue weighted by Crippen LogP contribution is 2.36. The Hall–Kier alpha value is -2.34. The fourth-order valence-electron chi connectivity index (χ4n) is 2.55. The van der Waals surface area contributed by atoms with Gasteiger partial charge in [-0.15, -0.1) is 0 Å². The van der Waals surface area contributed by atoms with Crippen LogP contribution in [0.1, 0.15) is 22.3 Å². The molecule has 3 aromatic rings. The van der Waals surface area contributed by atoms with Gasteiger partial charge in [-0.05, 0) is 73.9 Å². The van der Waals surface area contributed by atoms with E-state index in [1.54, 1.807) is 30.5 Å². The van der Waals surface area contributed by atoms with E-state index in [0.717, 1.165) is 16.8 Å². The maximum absolute atomic E-state index is 12.5. The van der Waals surface area contributed by atoms with Gasteiger partial charge in [0.2, 0.25) is 0 Å². The molecule has 0 atom stereocenters. The molecule has 0 aromatic heterocycles. The van der Waals surface area contributed by atoms with Crippen molar-refractivity contribution in [1.29, 1.82) is 0 Å². The van der Waals surface area contributed by atoms with Crippen molar-refractivity contribution in [2.45, 2.75) is 25.7 Å². The molecule has 0 unspecified atom stereocenters. The summed E-state index contributed by atoms with van der Waals surface area (Å²) in [4.78, 5) is 4.44. The van der Waals surface area contributed by atoms with Crippen LogP contribution >= 0.6 is 23.2 Å². The third-order valence-electron chi connectivity index (χ3n) is 4.38. The Labute approximate surface area is 180 Å². The molecule has 0 fully saturated rings. The van der Waals surface area contributed by atoms with E-state index in [1.165, 1.54) is 17.7 Å². The van der Waals surface area contributed by atoms with Crippen LogP contribution in [0.5, 0.6) is 5.75 Å². The number of halogens is 2. The molecule has 0 heterocycles. The number of benzene rings is 3. The zero-order chi connectivity index (χ0) is 21.2. The second kappa shape index (κ2) is 8.57. The largest absolute Gasteiger partial charge is 0.376 e. The van der Waals surface area contributed by atoms with Crippen LogP contribution in [-0.2, 0) is 10.1 Å². The molecule has 0 amide bonds. The number of rotatable bonds is 5. The first kappa shape index (κ1) is 21.4. The summed E-state index contributed by atoms with van der Waals surface area (Å²) in [5, 5.41) is 0.157. The average Bonchev–Trinajstić information content (AvgIpc) is 2.66. The van der Waals surface area contributed by atoms with E-state index in [2.05, 4.69) is 4.99 Å². The number of aryl methyl sites for hydroxylation is 3. The number of hydrogen-bond donors (Lipinski definition) is 0. The summed E-state index contributed by atoms with van der Waals surface area (Å²) < 4.78 is 30.2. The van der Waals surface area contributed by atoms with Gasteiger partial charge in [-0.2, -0.15) is 8.42 Å². The van der Waals surface area contributed by atoms with E-state index in [1.807, 2.05) is 39.0 Å². The van der Waals surface area contributed by atoms with E-state index in [4.69, 9.17) is 27.4 Å². The summed E-state index contributed by atoms with van der Waals surface area (Å²) in [5.41, 5.74) is 4.68. The van der Waals surface area contributed by atoms with E-state index in [-0.39, 0.29) is 20.7 Å². The van der Waals surface area contributed by atoms with Crippen molar-refractivity contribution in [1.82, 2.24) is 0 Å². The normalized spacial score (nSPS) is 11.8. The highest BCUT2D eigenvalue weighted by atomic mass is 35.5. The van der Waals surface area contributed by atoms with E-state index >= 15 is 0 Å². The monoisotopic (exact) mass is 447 g/mol. The maximum atomic E-state index is 12.5. The summed E-state index contributed by atoms with van der Waals surface area (Å²) in [6.07, 6.45) is 1.61. The van der Waals surface area contributed by atoms with Crippen LogP contribution < -0.4 is 4.18 Å². The minimum absolute atomic E-state index is 0.0237. The predicted octanol–water partition coefficient (Wildman–Crippen LogP) is 6.44. The quantitative estimate of drug-likeness (QED) is 0.334. The van der Waals surface area contributed by atoms with Crippen molar-refractivity contribution >= 4 is 45.2 Å². The first-order valence-corrected chi connectivity index (χ1v) is 10.9. The van der Waals surface area contributed by atoms with Crippen molar-refractivity contribution in [3.8, 4) is 5.75 Å². The molecular weight excluding hydrogens is 429 g/mol. The SMILES string of the molecule is Cc1ccc(S(=O)(=O)Oc2c(Cl)cc(C=Nc3ccc(C)c(C)c3)cc2Cl)cc1. The van der Waals surface area contributed by atoms with Crippen LogP contribution in [0.2, 0.25) is 10.0 Å². The second-order valence-electron chi connectivity index (χ2n) is 6.69. The van der Waals surface area contributed by atoms with Gasteiger partial charge in [0, 0.05) is 6.21 Å². The lowest BCUT2D eigenvalue weighted by Gasteiger charge is -2.11. The van der Waals surface area contributed by atoms with Crippen molar-refractivity contribution in [3.05, 3.63) is 86.9 Å². The Morgan fingerprint density at radius 3 is 2.07 bits per heavy atom. The fraction of sp³-hybridized carbons (Fsp3) is 0.136. The molecule has 0 aliphatic rings. The van der Waals surface area contributed by atoms with E-state index in [9.17, 15) is 8.42 Å². The Balaban J connectivity index is 1.86. The Morgan fingerprint density at radius 2 is 1.48 bits per heavy atom. The minimum atomic E-state index is -4.05.